The zero-order chi connectivity index (χ0) is 5.54. The first kappa shape index (κ1) is 11.3. The second kappa shape index (κ2) is 10.5. The summed E-state index contributed by atoms with van der Waals surface area (Å²) < 4.78 is 0. The minimum atomic E-state index is 0. The van der Waals surface area contributed by atoms with E-state index in [1.807, 2.05) is 0 Å². The van der Waals surface area contributed by atoms with Gasteiger partial charge in [-0.15, -0.1) is 0 Å². The van der Waals surface area contributed by atoms with Gasteiger partial charge >= 0.3 is 0 Å². The zero-order valence-electron chi connectivity index (χ0n) is 4.58. The van der Waals surface area contributed by atoms with Crippen LogP contribution in [0.5, 0.6) is 0 Å². The standard InChI is InChI=1S/C4H11NO2.Ru/c6-3-1-5-2-4-7;/h5-7H,1-4H2;. The SMILES string of the molecule is OCCNCCO.[Ru]. The van der Waals surface area contributed by atoms with E-state index < -0.39 is 0 Å². The van der Waals surface area contributed by atoms with Crippen molar-refractivity contribution in [1.29, 1.82) is 0 Å². The van der Waals surface area contributed by atoms with Gasteiger partial charge in [-0.3, -0.25) is 0 Å². The number of hydrogen-bond acceptors (Lipinski definition) is 3. The van der Waals surface area contributed by atoms with Crippen molar-refractivity contribution in [3.05, 3.63) is 0 Å². The normalized spacial score (nSPS) is 8.25. The van der Waals surface area contributed by atoms with Crippen molar-refractivity contribution in [2.24, 2.45) is 0 Å². The van der Waals surface area contributed by atoms with Crippen molar-refractivity contribution < 1.29 is 29.7 Å². The molecule has 0 amide bonds. The Bertz CT molecular complexity index is 33.2. The van der Waals surface area contributed by atoms with E-state index in [0.29, 0.717) is 13.1 Å². The molecule has 0 unspecified atom stereocenters. The number of rotatable bonds is 4. The van der Waals surface area contributed by atoms with Gasteiger partial charge in [-0.25, -0.2) is 0 Å². The van der Waals surface area contributed by atoms with Crippen molar-refractivity contribution in [3.8, 4) is 0 Å². The summed E-state index contributed by atoms with van der Waals surface area (Å²) in [5.41, 5.74) is 0. The second-order valence-electron chi connectivity index (χ2n) is 1.20. The molecule has 0 fully saturated rings. The molecule has 0 saturated heterocycles. The molecule has 3 N–H and O–H groups in total. The predicted molar refractivity (Wildman–Crippen MR) is 27.0 cm³/mol. The van der Waals surface area contributed by atoms with Crippen LogP contribution in [0, 0.1) is 0 Å². The summed E-state index contributed by atoms with van der Waals surface area (Å²) in [6, 6.07) is 0. The summed E-state index contributed by atoms with van der Waals surface area (Å²) in [5.74, 6) is 0. The van der Waals surface area contributed by atoms with Crippen LogP contribution < -0.4 is 5.32 Å². The fourth-order valence-electron chi connectivity index (χ4n) is 0.283. The molecule has 0 aromatic heterocycles. The Balaban J connectivity index is 0. The predicted octanol–water partition coefficient (Wildman–Crippen LogP) is -1.44. The van der Waals surface area contributed by atoms with Crippen molar-refractivity contribution in [2.45, 2.75) is 0 Å². The van der Waals surface area contributed by atoms with Gasteiger partial charge in [-0.1, -0.05) is 0 Å². The van der Waals surface area contributed by atoms with Crippen LogP contribution >= 0.6 is 0 Å². The molecule has 8 heavy (non-hydrogen) atoms. The van der Waals surface area contributed by atoms with Gasteiger partial charge in [-0.05, 0) is 0 Å². The largest absolute Gasteiger partial charge is 0.395 e. The van der Waals surface area contributed by atoms with E-state index in [2.05, 4.69) is 5.32 Å². The zero-order valence-corrected chi connectivity index (χ0v) is 6.31. The van der Waals surface area contributed by atoms with Gasteiger partial charge in [0.15, 0.2) is 0 Å². The molecule has 0 radical (unpaired) electrons. The molecule has 0 aliphatic heterocycles. The van der Waals surface area contributed by atoms with Gasteiger partial charge in [0.05, 0.1) is 13.2 Å². The van der Waals surface area contributed by atoms with E-state index in [4.69, 9.17) is 10.2 Å². The van der Waals surface area contributed by atoms with Crippen LogP contribution in [0.2, 0.25) is 0 Å². The topological polar surface area (TPSA) is 52.5 Å². The van der Waals surface area contributed by atoms with Crippen LogP contribution in [0.15, 0.2) is 0 Å². The first-order valence-corrected chi connectivity index (χ1v) is 2.34. The van der Waals surface area contributed by atoms with Gasteiger partial charge in [0.2, 0.25) is 0 Å². The maximum Gasteiger partial charge on any atom is 0.0555 e. The maximum atomic E-state index is 8.15. The van der Waals surface area contributed by atoms with Gasteiger partial charge in [0.1, 0.15) is 0 Å². The summed E-state index contributed by atoms with van der Waals surface area (Å²) in [6.07, 6.45) is 0. The van der Waals surface area contributed by atoms with Crippen molar-refractivity contribution in [1.82, 2.24) is 5.32 Å². The fourth-order valence-corrected chi connectivity index (χ4v) is 0.283. The van der Waals surface area contributed by atoms with E-state index in [0.717, 1.165) is 0 Å². The third kappa shape index (κ3) is 9.71. The fraction of sp³-hybridized carbons (Fsp3) is 1.00. The van der Waals surface area contributed by atoms with Gasteiger partial charge < -0.3 is 15.5 Å². The van der Waals surface area contributed by atoms with Crippen LogP contribution in [0.1, 0.15) is 0 Å². The number of nitrogens with one attached hydrogen (secondary N) is 1. The van der Waals surface area contributed by atoms with E-state index in [9.17, 15) is 0 Å². The number of aliphatic hydroxyl groups is 2. The summed E-state index contributed by atoms with van der Waals surface area (Å²) in [7, 11) is 0. The second-order valence-corrected chi connectivity index (χ2v) is 1.20. The minimum absolute atomic E-state index is 0. The molecule has 52 valence electrons. The molecule has 0 aromatic rings. The molecule has 0 heterocycles. The molecule has 0 spiro atoms. The van der Waals surface area contributed by atoms with Crippen LogP contribution in [0.4, 0.5) is 0 Å². The quantitative estimate of drug-likeness (QED) is 0.390. The Hall–Kier alpha value is 0.503. The Morgan fingerprint density at radius 2 is 1.38 bits per heavy atom. The Kier molecular flexibility index (Phi) is 14.8. The van der Waals surface area contributed by atoms with Crippen molar-refractivity contribution in [2.75, 3.05) is 26.3 Å². The van der Waals surface area contributed by atoms with Crippen LogP contribution in [-0.2, 0) is 19.5 Å². The van der Waals surface area contributed by atoms with Crippen LogP contribution in [-0.4, -0.2) is 36.5 Å². The molecule has 4 heteroatoms. The molecule has 0 atom stereocenters. The van der Waals surface area contributed by atoms with Crippen molar-refractivity contribution in [3.63, 3.8) is 0 Å². The third-order valence-electron chi connectivity index (χ3n) is 0.577. The molecule has 0 bridgehead atoms. The number of aliphatic hydroxyl groups excluding tert-OH is 2. The average molecular weight is 206 g/mol. The molecular formula is C4H11NO2Ru. The first-order chi connectivity index (χ1) is 3.41. The van der Waals surface area contributed by atoms with Gasteiger partial charge in [0.25, 0.3) is 0 Å². The van der Waals surface area contributed by atoms with E-state index in [1.54, 1.807) is 0 Å². The first-order valence-electron chi connectivity index (χ1n) is 2.34. The van der Waals surface area contributed by atoms with Crippen LogP contribution in [0.25, 0.3) is 0 Å². The summed E-state index contributed by atoms with van der Waals surface area (Å²) in [4.78, 5) is 0. The van der Waals surface area contributed by atoms with Gasteiger partial charge in [0, 0.05) is 32.6 Å². The van der Waals surface area contributed by atoms with E-state index >= 15 is 0 Å². The molecule has 0 aliphatic carbocycles. The molecular weight excluding hydrogens is 195 g/mol. The number of hydrogen-bond donors (Lipinski definition) is 3. The third-order valence-corrected chi connectivity index (χ3v) is 0.577. The minimum Gasteiger partial charge on any atom is -0.395 e. The Labute approximate surface area is 61.9 Å². The van der Waals surface area contributed by atoms with Gasteiger partial charge in [-0.2, -0.15) is 0 Å². The average Bonchev–Trinajstić information content (AvgIpc) is 1.69. The Morgan fingerprint density at radius 1 is 1.00 bits per heavy atom. The van der Waals surface area contributed by atoms with Crippen molar-refractivity contribution >= 4 is 0 Å². The summed E-state index contributed by atoms with van der Waals surface area (Å²) in [6.45, 7) is 1.42. The maximum absolute atomic E-state index is 8.15. The summed E-state index contributed by atoms with van der Waals surface area (Å²) >= 11 is 0. The molecule has 3 nitrogen and oxygen atoms in total. The molecule has 0 aromatic carbocycles. The monoisotopic (exact) mass is 207 g/mol. The van der Waals surface area contributed by atoms with Crippen LogP contribution in [0.3, 0.4) is 0 Å². The van der Waals surface area contributed by atoms with E-state index in [1.165, 1.54) is 0 Å². The molecule has 0 rings (SSSR count). The Morgan fingerprint density at radius 3 is 1.62 bits per heavy atom. The summed E-state index contributed by atoms with van der Waals surface area (Å²) in [5, 5.41) is 19.1. The smallest absolute Gasteiger partial charge is 0.0555 e. The molecule has 0 saturated carbocycles. The van der Waals surface area contributed by atoms with E-state index in [-0.39, 0.29) is 32.7 Å². The molecule has 0 aliphatic rings.